The Kier molecular flexibility index (Phi) is 6.92. The normalized spacial score (nSPS) is 18.6. The molecule has 182 valence electrons. The third kappa shape index (κ3) is 4.52. The van der Waals surface area contributed by atoms with Crippen molar-refractivity contribution in [3.63, 3.8) is 0 Å². The summed E-state index contributed by atoms with van der Waals surface area (Å²) in [6, 6.07) is 8.08. The third-order valence-electron chi connectivity index (χ3n) is 6.45. The van der Waals surface area contributed by atoms with Gasteiger partial charge in [0.2, 0.25) is 0 Å². The van der Waals surface area contributed by atoms with Crippen LogP contribution in [0.4, 0.5) is 14.9 Å². The average molecular weight is 471 g/mol. The Morgan fingerprint density at radius 2 is 1.82 bits per heavy atom. The number of halogens is 1. The zero-order valence-corrected chi connectivity index (χ0v) is 20.0. The zero-order chi connectivity index (χ0) is 24.4. The molecule has 9 heteroatoms. The molecule has 1 saturated heterocycles. The third-order valence-corrected chi connectivity index (χ3v) is 6.45. The van der Waals surface area contributed by atoms with Gasteiger partial charge in [0.15, 0.2) is 11.5 Å². The van der Waals surface area contributed by atoms with Crippen LogP contribution in [0.15, 0.2) is 35.4 Å². The molecule has 1 unspecified atom stereocenters. The van der Waals surface area contributed by atoms with E-state index >= 15 is 0 Å². The Morgan fingerprint density at radius 1 is 1.15 bits per heavy atom. The van der Waals surface area contributed by atoms with Crippen molar-refractivity contribution in [3.05, 3.63) is 52.8 Å². The predicted molar refractivity (Wildman–Crippen MR) is 128 cm³/mol. The van der Waals surface area contributed by atoms with Gasteiger partial charge in [0, 0.05) is 31.3 Å². The van der Waals surface area contributed by atoms with Crippen molar-refractivity contribution >= 4 is 17.4 Å². The number of nitrogens with zero attached hydrogens (tertiary/aromatic N) is 3. The summed E-state index contributed by atoms with van der Waals surface area (Å²) in [6.07, 6.45) is 1.37. The lowest BCUT2D eigenvalue weighted by Crippen LogP contribution is -2.41. The minimum absolute atomic E-state index is 0.224. The number of hydrogen-bond donors (Lipinski definition) is 2. The largest absolute Gasteiger partial charge is 0.493 e. The number of urea groups is 1. The summed E-state index contributed by atoms with van der Waals surface area (Å²) in [7, 11) is 4.71. The number of methoxy groups -OCH3 is 2. The summed E-state index contributed by atoms with van der Waals surface area (Å²) in [4.78, 5) is 14.6. The maximum absolute atomic E-state index is 14.9. The van der Waals surface area contributed by atoms with Gasteiger partial charge < -0.3 is 24.8 Å². The average Bonchev–Trinajstić information content (AvgIpc) is 2.99. The van der Waals surface area contributed by atoms with Crippen molar-refractivity contribution in [3.8, 4) is 11.5 Å². The summed E-state index contributed by atoms with van der Waals surface area (Å²) >= 11 is 0. The Labute approximate surface area is 199 Å². The van der Waals surface area contributed by atoms with E-state index in [9.17, 15) is 14.3 Å². The highest BCUT2D eigenvalue weighted by atomic mass is 19.1. The van der Waals surface area contributed by atoms with Gasteiger partial charge in [-0.15, -0.1) is 0 Å². The molecule has 0 aliphatic carbocycles. The summed E-state index contributed by atoms with van der Waals surface area (Å²) < 4.78 is 25.9. The number of ether oxygens (including phenoxy) is 2. The van der Waals surface area contributed by atoms with Gasteiger partial charge in [-0.3, -0.25) is 0 Å². The smallest absolute Gasteiger partial charge is 0.337 e. The number of amides is 2. The van der Waals surface area contributed by atoms with Crippen molar-refractivity contribution in [2.75, 3.05) is 39.3 Å². The highest BCUT2D eigenvalue weighted by Gasteiger charge is 2.29. The number of hydrazone groups is 1. The number of aliphatic hydroxyl groups excluding tert-OH is 1. The first-order valence-corrected chi connectivity index (χ1v) is 11.4. The van der Waals surface area contributed by atoms with Crippen LogP contribution in [0.25, 0.3) is 0 Å². The molecule has 0 aromatic heterocycles. The lowest BCUT2D eigenvalue weighted by Gasteiger charge is -2.32. The van der Waals surface area contributed by atoms with Gasteiger partial charge in [-0.1, -0.05) is 0 Å². The highest BCUT2D eigenvalue weighted by molar-refractivity contribution is 6.15. The molecule has 2 aromatic rings. The molecule has 34 heavy (non-hydrogen) atoms. The maximum atomic E-state index is 14.9. The molecule has 0 radical (unpaired) electrons. The predicted octanol–water partition coefficient (Wildman–Crippen LogP) is 3.14. The van der Waals surface area contributed by atoms with Crippen molar-refractivity contribution in [2.45, 2.75) is 38.3 Å². The van der Waals surface area contributed by atoms with Gasteiger partial charge >= 0.3 is 6.03 Å². The summed E-state index contributed by atoms with van der Waals surface area (Å²) in [5.41, 5.74) is 3.42. The van der Waals surface area contributed by atoms with Crippen LogP contribution in [0, 0.1) is 5.82 Å². The van der Waals surface area contributed by atoms with Crippen LogP contribution in [0.3, 0.4) is 0 Å². The van der Waals surface area contributed by atoms with Crippen LogP contribution < -0.4 is 19.7 Å². The molecule has 1 atom stereocenters. The molecule has 0 spiro atoms. The summed E-state index contributed by atoms with van der Waals surface area (Å²) in [5, 5.41) is 18.7. The number of piperidine rings is 1. The van der Waals surface area contributed by atoms with E-state index in [2.05, 4.69) is 5.32 Å². The molecule has 8 nitrogen and oxygen atoms in total. The van der Waals surface area contributed by atoms with Crippen LogP contribution >= 0.6 is 0 Å². The highest BCUT2D eigenvalue weighted by Crippen LogP contribution is 2.35. The molecule has 2 aromatic carbocycles. The standard InChI is InChI=1S/C25H31FN4O4/c1-15-11-17-13-22(33-3)23(34-4)14-19(17)24(28-30(15)25(32)27-2)16-5-6-20(26)21(12-16)29-9-7-18(31)8-10-29/h5-6,12-15,18,31H,7-11H2,1-4H3,(H,27,32). The minimum atomic E-state index is -0.356. The second-order valence-corrected chi connectivity index (χ2v) is 8.65. The van der Waals surface area contributed by atoms with Gasteiger partial charge in [0.1, 0.15) is 5.82 Å². The lowest BCUT2D eigenvalue weighted by atomic mass is 9.93. The lowest BCUT2D eigenvalue weighted by molar-refractivity contribution is 0.145. The number of anilines is 1. The van der Waals surface area contributed by atoms with Crippen LogP contribution in [0.2, 0.25) is 0 Å². The first kappa shape index (κ1) is 23.8. The van der Waals surface area contributed by atoms with Gasteiger partial charge in [0.25, 0.3) is 0 Å². The molecule has 1 fully saturated rings. The second-order valence-electron chi connectivity index (χ2n) is 8.65. The number of carbonyl (C=O) groups is 1. The zero-order valence-electron chi connectivity index (χ0n) is 20.0. The molecule has 2 heterocycles. The van der Waals surface area contributed by atoms with E-state index in [0.717, 1.165) is 11.1 Å². The Hall–Kier alpha value is -3.33. The van der Waals surface area contributed by atoms with Crippen LogP contribution in [0.5, 0.6) is 11.5 Å². The van der Waals surface area contributed by atoms with Gasteiger partial charge in [0.05, 0.1) is 37.8 Å². The maximum Gasteiger partial charge on any atom is 0.337 e. The number of carbonyl (C=O) groups excluding carboxylic acids is 1. The van der Waals surface area contributed by atoms with Gasteiger partial charge in [-0.05, 0) is 62.1 Å². The topological polar surface area (TPSA) is 86.6 Å². The molecule has 4 rings (SSSR count). The van der Waals surface area contributed by atoms with E-state index in [1.807, 2.05) is 24.0 Å². The number of benzene rings is 2. The van der Waals surface area contributed by atoms with Crippen LogP contribution in [-0.2, 0) is 6.42 Å². The van der Waals surface area contributed by atoms with E-state index < -0.39 is 0 Å². The van der Waals surface area contributed by atoms with E-state index in [1.54, 1.807) is 33.4 Å². The fourth-order valence-electron chi connectivity index (χ4n) is 4.56. The summed E-state index contributed by atoms with van der Waals surface area (Å²) in [6.45, 7) is 3.06. The Balaban J connectivity index is 1.87. The molecule has 0 bridgehead atoms. The first-order chi connectivity index (χ1) is 16.4. The number of nitrogens with one attached hydrogen (secondary N) is 1. The van der Waals surface area contributed by atoms with Crippen LogP contribution in [0.1, 0.15) is 36.5 Å². The van der Waals surface area contributed by atoms with Crippen molar-refractivity contribution < 1.29 is 23.8 Å². The molecule has 2 amide bonds. The molecule has 0 saturated carbocycles. The van der Waals surface area contributed by atoms with Crippen LogP contribution in [-0.4, -0.2) is 68.4 Å². The Morgan fingerprint density at radius 3 is 2.47 bits per heavy atom. The number of hydrogen-bond acceptors (Lipinski definition) is 6. The second kappa shape index (κ2) is 9.89. The molecule has 2 aliphatic rings. The van der Waals surface area contributed by atoms with Gasteiger partial charge in [-0.25, -0.2) is 14.2 Å². The van der Waals surface area contributed by atoms with Crippen molar-refractivity contribution in [1.82, 2.24) is 10.3 Å². The minimum Gasteiger partial charge on any atom is -0.493 e. The monoisotopic (exact) mass is 470 g/mol. The molecule has 2 N–H and O–H groups in total. The van der Waals surface area contributed by atoms with E-state index in [0.29, 0.717) is 60.8 Å². The molecular formula is C25H31FN4O4. The fourth-order valence-corrected chi connectivity index (χ4v) is 4.56. The van der Waals surface area contributed by atoms with Crippen molar-refractivity contribution in [1.29, 1.82) is 0 Å². The van der Waals surface area contributed by atoms with E-state index in [-0.39, 0.29) is 24.0 Å². The fraction of sp³-hybridized carbons (Fsp3) is 0.440. The van der Waals surface area contributed by atoms with E-state index in [1.165, 1.54) is 11.1 Å². The molecular weight excluding hydrogens is 439 g/mol. The SMILES string of the molecule is CNC(=O)N1N=C(c2ccc(F)c(N3CCC(O)CC3)c2)c2cc(OC)c(OC)cc2CC1C. The number of aliphatic hydroxyl groups is 1. The van der Waals surface area contributed by atoms with Gasteiger partial charge in [-0.2, -0.15) is 5.10 Å². The number of rotatable bonds is 4. The molecule has 2 aliphatic heterocycles. The summed E-state index contributed by atoms with van der Waals surface area (Å²) in [5.74, 6) is 0.800. The van der Waals surface area contributed by atoms with Crippen molar-refractivity contribution in [2.24, 2.45) is 5.10 Å². The van der Waals surface area contributed by atoms with E-state index in [4.69, 9.17) is 14.6 Å². The first-order valence-electron chi connectivity index (χ1n) is 11.4. The quantitative estimate of drug-likeness (QED) is 0.717. The Bertz CT molecular complexity index is 1100. The number of fused-ring (bicyclic) bond motifs is 1.